The first-order valence-electron chi connectivity index (χ1n) is 7.90. The van der Waals surface area contributed by atoms with Crippen LogP contribution in [0.3, 0.4) is 0 Å². The van der Waals surface area contributed by atoms with Crippen LogP contribution in [0.25, 0.3) is 0 Å². The Kier molecular flexibility index (Phi) is 5.63. The number of rotatable bonds is 4. The van der Waals surface area contributed by atoms with Crippen LogP contribution in [0.2, 0.25) is 0 Å². The highest BCUT2D eigenvalue weighted by Gasteiger charge is 2.35. The third kappa shape index (κ3) is 3.69. The molecule has 0 saturated carbocycles. The highest BCUT2D eigenvalue weighted by atomic mass is 16.5. The molecule has 2 aliphatic heterocycles. The van der Waals surface area contributed by atoms with E-state index < -0.39 is 0 Å². The molecule has 1 N–H and O–H groups in total. The van der Waals surface area contributed by atoms with Crippen molar-refractivity contribution in [2.45, 2.75) is 57.8 Å². The van der Waals surface area contributed by atoms with Gasteiger partial charge in [-0.25, -0.2) is 0 Å². The highest BCUT2D eigenvalue weighted by molar-refractivity contribution is 4.93. The lowest BCUT2D eigenvalue weighted by atomic mass is 9.98. The van der Waals surface area contributed by atoms with Crippen LogP contribution in [0.4, 0.5) is 0 Å². The molecular weight excluding hydrogens is 238 g/mol. The molecule has 2 rings (SSSR count). The fraction of sp³-hybridized carbons (Fsp3) is 1.00. The summed E-state index contributed by atoms with van der Waals surface area (Å²) in [6, 6.07) is 2.44. The van der Waals surface area contributed by atoms with Crippen LogP contribution in [-0.4, -0.2) is 73.9 Å². The number of likely N-dealkylation sites (N-methyl/N-ethyl adjacent to an activating group) is 1. The molecule has 0 aliphatic carbocycles. The van der Waals surface area contributed by atoms with E-state index in [9.17, 15) is 0 Å². The van der Waals surface area contributed by atoms with Crippen molar-refractivity contribution in [3.63, 3.8) is 0 Å². The Balaban J connectivity index is 1.97. The van der Waals surface area contributed by atoms with E-state index in [1.54, 1.807) is 0 Å². The predicted molar refractivity (Wildman–Crippen MR) is 79.6 cm³/mol. The van der Waals surface area contributed by atoms with E-state index in [2.05, 4.69) is 42.9 Å². The first kappa shape index (κ1) is 15.2. The Morgan fingerprint density at radius 2 is 1.89 bits per heavy atom. The number of hydrogen-bond donors (Lipinski definition) is 1. The van der Waals surface area contributed by atoms with E-state index in [1.165, 1.54) is 19.5 Å². The summed E-state index contributed by atoms with van der Waals surface area (Å²) in [5, 5.41) is 3.72. The molecule has 0 amide bonds. The molecule has 4 nitrogen and oxygen atoms in total. The predicted octanol–water partition coefficient (Wildman–Crippen LogP) is 1.17. The van der Waals surface area contributed by atoms with Gasteiger partial charge in [-0.3, -0.25) is 9.80 Å². The smallest absolute Gasteiger partial charge is 0.0637 e. The molecule has 0 aromatic rings. The third-order valence-electron chi connectivity index (χ3n) is 4.84. The van der Waals surface area contributed by atoms with Crippen molar-refractivity contribution in [3.8, 4) is 0 Å². The minimum absolute atomic E-state index is 0.555. The van der Waals surface area contributed by atoms with E-state index >= 15 is 0 Å². The maximum absolute atomic E-state index is 5.75. The maximum atomic E-state index is 5.75. The van der Waals surface area contributed by atoms with Crippen LogP contribution in [0.5, 0.6) is 0 Å². The summed E-state index contributed by atoms with van der Waals surface area (Å²) in [5.41, 5.74) is 0. The van der Waals surface area contributed by atoms with Crippen molar-refractivity contribution in [2.75, 3.05) is 39.9 Å². The SMILES string of the molecule is CCCNC1CCOCC1N1CC(C)N(C)C(C)C1. The van der Waals surface area contributed by atoms with Gasteiger partial charge in [0.15, 0.2) is 0 Å². The molecule has 0 radical (unpaired) electrons. The van der Waals surface area contributed by atoms with Gasteiger partial charge in [-0.05, 0) is 40.3 Å². The van der Waals surface area contributed by atoms with Crippen LogP contribution in [0.15, 0.2) is 0 Å². The van der Waals surface area contributed by atoms with Gasteiger partial charge < -0.3 is 10.1 Å². The molecule has 2 saturated heterocycles. The van der Waals surface area contributed by atoms with Crippen LogP contribution < -0.4 is 5.32 Å². The standard InChI is InChI=1S/C15H31N3O/c1-5-7-16-14-6-8-19-11-15(14)18-9-12(2)17(4)13(3)10-18/h12-16H,5-11H2,1-4H3. The van der Waals surface area contributed by atoms with Crippen molar-refractivity contribution < 1.29 is 4.74 Å². The molecule has 0 spiro atoms. The second-order valence-corrected chi connectivity index (χ2v) is 6.31. The molecule has 2 aliphatic rings. The van der Waals surface area contributed by atoms with Gasteiger partial charge in [-0.1, -0.05) is 6.92 Å². The average molecular weight is 269 g/mol. The van der Waals surface area contributed by atoms with Crippen molar-refractivity contribution in [2.24, 2.45) is 0 Å². The molecule has 19 heavy (non-hydrogen) atoms. The Labute approximate surface area is 118 Å². The first-order chi connectivity index (χ1) is 9.13. The molecule has 4 heteroatoms. The summed E-state index contributed by atoms with van der Waals surface area (Å²) in [5.74, 6) is 0. The lowest BCUT2D eigenvalue weighted by Crippen LogP contribution is -2.63. The van der Waals surface area contributed by atoms with Gasteiger partial charge in [0.05, 0.1) is 6.61 Å². The number of nitrogens with zero attached hydrogens (tertiary/aromatic N) is 2. The minimum atomic E-state index is 0.555. The van der Waals surface area contributed by atoms with Crippen molar-refractivity contribution >= 4 is 0 Å². The van der Waals surface area contributed by atoms with Gasteiger partial charge in [-0.2, -0.15) is 0 Å². The lowest BCUT2D eigenvalue weighted by molar-refractivity contribution is -0.0407. The summed E-state index contributed by atoms with van der Waals surface area (Å²) in [6.07, 6.45) is 2.36. The fourth-order valence-electron chi connectivity index (χ4n) is 3.37. The van der Waals surface area contributed by atoms with E-state index in [0.29, 0.717) is 24.2 Å². The van der Waals surface area contributed by atoms with Crippen LogP contribution in [0.1, 0.15) is 33.6 Å². The summed E-state index contributed by atoms with van der Waals surface area (Å²) in [7, 11) is 2.25. The van der Waals surface area contributed by atoms with Crippen molar-refractivity contribution in [1.29, 1.82) is 0 Å². The first-order valence-corrected chi connectivity index (χ1v) is 7.90. The molecule has 4 atom stereocenters. The molecule has 0 bridgehead atoms. The third-order valence-corrected chi connectivity index (χ3v) is 4.84. The normalized spacial score (nSPS) is 38.5. The zero-order valence-corrected chi connectivity index (χ0v) is 13.1. The maximum Gasteiger partial charge on any atom is 0.0637 e. The van der Waals surface area contributed by atoms with Gasteiger partial charge in [0.1, 0.15) is 0 Å². The van der Waals surface area contributed by atoms with Crippen molar-refractivity contribution in [3.05, 3.63) is 0 Å². The monoisotopic (exact) mass is 269 g/mol. The largest absolute Gasteiger partial charge is 0.380 e. The number of hydrogen-bond acceptors (Lipinski definition) is 4. The van der Waals surface area contributed by atoms with Gasteiger partial charge >= 0.3 is 0 Å². The second kappa shape index (κ2) is 7.02. The van der Waals surface area contributed by atoms with Gasteiger partial charge in [0.2, 0.25) is 0 Å². The Bertz CT molecular complexity index is 262. The van der Waals surface area contributed by atoms with Gasteiger partial charge in [0, 0.05) is 43.9 Å². The minimum Gasteiger partial charge on any atom is -0.380 e. The van der Waals surface area contributed by atoms with E-state index in [0.717, 1.165) is 26.2 Å². The average Bonchev–Trinajstić information content (AvgIpc) is 2.42. The molecule has 2 fully saturated rings. The van der Waals surface area contributed by atoms with Crippen LogP contribution >= 0.6 is 0 Å². The fourth-order valence-corrected chi connectivity index (χ4v) is 3.37. The summed E-state index contributed by atoms with van der Waals surface area (Å²) in [4.78, 5) is 5.15. The number of piperazine rings is 1. The Morgan fingerprint density at radius 1 is 1.21 bits per heavy atom. The van der Waals surface area contributed by atoms with E-state index in [1.807, 2.05) is 0 Å². The summed E-state index contributed by atoms with van der Waals surface area (Å²) >= 11 is 0. The second-order valence-electron chi connectivity index (χ2n) is 6.31. The molecule has 0 aromatic heterocycles. The lowest BCUT2D eigenvalue weighted by Gasteiger charge is -2.48. The molecule has 112 valence electrons. The summed E-state index contributed by atoms with van der Waals surface area (Å²) < 4.78 is 5.75. The molecular formula is C15H31N3O. The topological polar surface area (TPSA) is 27.7 Å². The van der Waals surface area contributed by atoms with Gasteiger partial charge in [0.25, 0.3) is 0 Å². The van der Waals surface area contributed by atoms with Crippen LogP contribution in [-0.2, 0) is 4.74 Å². The number of nitrogens with one attached hydrogen (secondary N) is 1. The zero-order valence-electron chi connectivity index (χ0n) is 13.1. The quantitative estimate of drug-likeness (QED) is 0.829. The zero-order chi connectivity index (χ0) is 13.8. The van der Waals surface area contributed by atoms with Crippen LogP contribution in [0, 0.1) is 0 Å². The molecule has 2 heterocycles. The van der Waals surface area contributed by atoms with E-state index in [4.69, 9.17) is 4.74 Å². The number of ether oxygens (including phenoxy) is 1. The molecule has 0 aromatic carbocycles. The van der Waals surface area contributed by atoms with Crippen molar-refractivity contribution in [1.82, 2.24) is 15.1 Å². The summed E-state index contributed by atoms with van der Waals surface area (Å²) in [6.45, 7) is 12.2. The Hall–Kier alpha value is -0.160. The Morgan fingerprint density at radius 3 is 2.53 bits per heavy atom. The highest BCUT2D eigenvalue weighted by Crippen LogP contribution is 2.21. The van der Waals surface area contributed by atoms with Gasteiger partial charge in [-0.15, -0.1) is 0 Å². The van der Waals surface area contributed by atoms with E-state index in [-0.39, 0.29) is 0 Å². The molecule has 4 unspecified atom stereocenters.